The maximum absolute atomic E-state index is 13.5. The van der Waals surface area contributed by atoms with Crippen molar-refractivity contribution in [3.8, 4) is 11.5 Å². The number of fused-ring (bicyclic) bond motifs is 1. The smallest absolute Gasteiger partial charge is 0.270 e. The van der Waals surface area contributed by atoms with Gasteiger partial charge in [-0.3, -0.25) is 4.79 Å². The molecular formula is C20H17F2N3O2. The number of oxazole rings is 1. The summed E-state index contributed by atoms with van der Waals surface area (Å²) in [5.74, 6) is -0.554. The normalized spacial score (nSPS) is 16.4. The average Bonchev–Trinajstić information content (AvgIpc) is 3.21. The van der Waals surface area contributed by atoms with Gasteiger partial charge in [0.1, 0.15) is 28.8 Å². The summed E-state index contributed by atoms with van der Waals surface area (Å²) in [6.07, 6.45) is 4.69. The largest absolute Gasteiger partial charge is 0.441 e. The monoisotopic (exact) mass is 369 g/mol. The van der Waals surface area contributed by atoms with Crippen LogP contribution in [0.15, 0.2) is 40.9 Å². The number of carbonyl (C=O) groups excluding carboxylic acids is 1. The van der Waals surface area contributed by atoms with E-state index >= 15 is 0 Å². The van der Waals surface area contributed by atoms with Crippen LogP contribution in [-0.4, -0.2) is 26.9 Å². The number of aromatic nitrogens is 2. The molecule has 2 aromatic heterocycles. The van der Waals surface area contributed by atoms with Crippen LogP contribution in [0, 0.1) is 11.6 Å². The Bertz CT molecular complexity index is 1020. The molecule has 0 unspecified atom stereocenters. The molecule has 0 spiro atoms. The second-order valence-electron chi connectivity index (χ2n) is 7.06. The molecule has 3 heterocycles. The van der Waals surface area contributed by atoms with E-state index < -0.39 is 11.6 Å². The second kappa shape index (κ2) is 6.04. The van der Waals surface area contributed by atoms with Gasteiger partial charge >= 0.3 is 0 Å². The zero-order valence-electron chi connectivity index (χ0n) is 14.5. The maximum atomic E-state index is 13.5. The number of rotatable bonds is 3. The van der Waals surface area contributed by atoms with Crippen LogP contribution in [0.25, 0.3) is 11.5 Å². The van der Waals surface area contributed by atoms with Crippen LogP contribution < -0.4 is 0 Å². The number of carbonyl (C=O) groups is 1. The van der Waals surface area contributed by atoms with Gasteiger partial charge in [0.2, 0.25) is 5.89 Å². The zero-order valence-corrected chi connectivity index (χ0v) is 14.5. The predicted octanol–water partition coefficient (Wildman–Crippen LogP) is 3.95. The molecule has 1 aliphatic heterocycles. The van der Waals surface area contributed by atoms with Crippen molar-refractivity contribution in [2.24, 2.45) is 0 Å². The molecule has 1 amide bonds. The molecular weight excluding hydrogens is 352 g/mol. The van der Waals surface area contributed by atoms with E-state index in [1.54, 1.807) is 4.90 Å². The molecule has 1 saturated carbocycles. The predicted molar refractivity (Wildman–Crippen MR) is 93.0 cm³/mol. The third-order valence-corrected chi connectivity index (χ3v) is 5.06. The van der Waals surface area contributed by atoms with Gasteiger partial charge in [0, 0.05) is 36.8 Å². The SMILES string of the molecule is O=C(c1cccn1C1CC1)N1CCc2oc(-c3cc(F)cc(F)c3)nc2C1. The molecule has 0 bridgehead atoms. The van der Waals surface area contributed by atoms with Crippen LogP contribution in [0.3, 0.4) is 0 Å². The first-order valence-electron chi connectivity index (χ1n) is 8.99. The Labute approximate surface area is 154 Å². The number of nitrogens with zero attached hydrogens (tertiary/aromatic N) is 3. The van der Waals surface area contributed by atoms with E-state index in [-0.39, 0.29) is 17.4 Å². The van der Waals surface area contributed by atoms with Gasteiger partial charge in [0.25, 0.3) is 5.91 Å². The lowest BCUT2D eigenvalue weighted by molar-refractivity contribution is 0.0716. The van der Waals surface area contributed by atoms with Gasteiger partial charge in [0.15, 0.2) is 0 Å². The molecule has 0 saturated heterocycles. The molecule has 0 N–H and O–H groups in total. The van der Waals surface area contributed by atoms with E-state index in [1.807, 2.05) is 22.9 Å². The molecule has 7 heteroatoms. The lowest BCUT2D eigenvalue weighted by Gasteiger charge is -2.25. The number of hydrogen-bond donors (Lipinski definition) is 0. The fraction of sp³-hybridized carbons (Fsp3) is 0.300. The standard InChI is InChI=1S/C20H17F2N3O2/c21-13-8-12(9-14(22)10-13)19-23-16-11-24(7-5-18(16)27-19)20(26)17-2-1-6-25(17)15-3-4-15/h1-2,6,8-10,15H,3-5,7,11H2. The van der Waals surface area contributed by atoms with Crippen molar-refractivity contribution in [2.45, 2.75) is 31.8 Å². The van der Waals surface area contributed by atoms with Crippen molar-refractivity contribution in [2.75, 3.05) is 6.54 Å². The fourth-order valence-electron chi connectivity index (χ4n) is 3.58. The first-order valence-corrected chi connectivity index (χ1v) is 8.99. The molecule has 1 fully saturated rings. The van der Waals surface area contributed by atoms with Crippen molar-refractivity contribution in [1.82, 2.24) is 14.5 Å². The van der Waals surface area contributed by atoms with Gasteiger partial charge in [-0.1, -0.05) is 0 Å². The Morgan fingerprint density at radius 1 is 1.19 bits per heavy atom. The van der Waals surface area contributed by atoms with Gasteiger partial charge in [-0.25, -0.2) is 13.8 Å². The fourth-order valence-corrected chi connectivity index (χ4v) is 3.58. The summed E-state index contributed by atoms with van der Waals surface area (Å²) in [7, 11) is 0. The van der Waals surface area contributed by atoms with E-state index in [9.17, 15) is 13.6 Å². The summed E-state index contributed by atoms with van der Waals surface area (Å²) >= 11 is 0. The molecule has 5 nitrogen and oxygen atoms in total. The van der Waals surface area contributed by atoms with Gasteiger partial charge in [-0.15, -0.1) is 0 Å². The number of benzene rings is 1. The van der Waals surface area contributed by atoms with Crippen LogP contribution >= 0.6 is 0 Å². The summed E-state index contributed by atoms with van der Waals surface area (Å²) in [4.78, 5) is 19.1. The highest BCUT2D eigenvalue weighted by Crippen LogP contribution is 2.36. The lowest BCUT2D eigenvalue weighted by Crippen LogP contribution is -2.36. The van der Waals surface area contributed by atoms with E-state index in [4.69, 9.17) is 4.42 Å². The maximum Gasteiger partial charge on any atom is 0.270 e. The van der Waals surface area contributed by atoms with Crippen LogP contribution in [0.1, 0.15) is 40.8 Å². The first kappa shape index (κ1) is 16.2. The van der Waals surface area contributed by atoms with Gasteiger partial charge in [-0.05, 0) is 37.1 Å². The van der Waals surface area contributed by atoms with Crippen molar-refractivity contribution in [3.05, 3.63) is 65.3 Å². The summed E-state index contributed by atoms with van der Waals surface area (Å²) in [5, 5.41) is 0. The molecule has 138 valence electrons. The number of amides is 1. The minimum atomic E-state index is -0.682. The zero-order chi connectivity index (χ0) is 18.5. The molecule has 3 aromatic rings. The quantitative estimate of drug-likeness (QED) is 0.702. The second-order valence-corrected chi connectivity index (χ2v) is 7.06. The van der Waals surface area contributed by atoms with Crippen LogP contribution in [0.2, 0.25) is 0 Å². The van der Waals surface area contributed by atoms with Crippen LogP contribution in [0.5, 0.6) is 0 Å². The highest BCUT2D eigenvalue weighted by molar-refractivity contribution is 5.93. The van der Waals surface area contributed by atoms with Gasteiger partial charge < -0.3 is 13.9 Å². The Balaban J connectivity index is 1.40. The van der Waals surface area contributed by atoms with Gasteiger partial charge in [-0.2, -0.15) is 0 Å². The Kier molecular flexibility index (Phi) is 3.63. The number of hydrogen-bond acceptors (Lipinski definition) is 3. The third-order valence-electron chi connectivity index (χ3n) is 5.06. The Morgan fingerprint density at radius 3 is 2.70 bits per heavy atom. The molecule has 0 radical (unpaired) electrons. The average molecular weight is 369 g/mol. The van der Waals surface area contributed by atoms with E-state index in [1.165, 1.54) is 12.1 Å². The Hall–Kier alpha value is -2.96. The minimum Gasteiger partial charge on any atom is -0.441 e. The van der Waals surface area contributed by atoms with Crippen molar-refractivity contribution in [3.63, 3.8) is 0 Å². The molecule has 1 aliphatic carbocycles. The first-order chi connectivity index (χ1) is 13.1. The number of halogens is 2. The highest BCUT2D eigenvalue weighted by atomic mass is 19.1. The van der Waals surface area contributed by atoms with Crippen molar-refractivity contribution < 1.29 is 18.0 Å². The minimum absolute atomic E-state index is 0.0288. The summed E-state index contributed by atoms with van der Waals surface area (Å²) in [6, 6.07) is 7.35. The topological polar surface area (TPSA) is 51.3 Å². The molecule has 2 aliphatic rings. The van der Waals surface area contributed by atoms with E-state index in [0.717, 1.165) is 18.9 Å². The van der Waals surface area contributed by atoms with Crippen molar-refractivity contribution >= 4 is 5.91 Å². The summed E-state index contributed by atoms with van der Waals surface area (Å²) in [6.45, 7) is 0.846. The van der Waals surface area contributed by atoms with Gasteiger partial charge in [0.05, 0.1) is 6.54 Å². The molecule has 0 atom stereocenters. The Morgan fingerprint density at radius 2 is 1.96 bits per heavy atom. The molecule has 27 heavy (non-hydrogen) atoms. The van der Waals surface area contributed by atoms with E-state index in [2.05, 4.69) is 4.98 Å². The van der Waals surface area contributed by atoms with Crippen molar-refractivity contribution in [1.29, 1.82) is 0 Å². The summed E-state index contributed by atoms with van der Waals surface area (Å²) < 4.78 is 34.7. The lowest BCUT2D eigenvalue weighted by atomic mass is 10.1. The highest BCUT2D eigenvalue weighted by Gasteiger charge is 2.31. The van der Waals surface area contributed by atoms with Crippen LogP contribution in [0.4, 0.5) is 8.78 Å². The third kappa shape index (κ3) is 2.93. The van der Waals surface area contributed by atoms with Crippen LogP contribution in [-0.2, 0) is 13.0 Å². The molecule has 1 aromatic carbocycles. The summed E-state index contributed by atoms with van der Waals surface area (Å²) in [5.41, 5.74) is 1.58. The van der Waals surface area contributed by atoms with E-state index in [0.29, 0.717) is 42.7 Å². The molecule has 5 rings (SSSR count).